The Balaban J connectivity index is 2.19. The van der Waals surface area contributed by atoms with Crippen LogP contribution in [0, 0.1) is 12.7 Å². The molecular formula is C20H23FN2O. The van der Waals surface area contributed by atoms with Gasteiger partial charge in [-0.2, -0.15) is 0 Å². The molecule has 0 aliphatic heterocycles. The summed E-state index contributed by atoms with van der Waals surface area (Å²) in [5.41, 5.74) is 3.24. The molecule has 4 heteroatoms. The van der Waals surface area contributed by atoms with Crippen molar-refractivity contribution in [3.05, 3.63) is 71.7 Å². The number of nitrogens with one attached hydrogen (secondary N) is 1. The molecule has 0 amide bonds. The van der Waals surface area contributed by atoms with Crippen LogP contribution in [0.25, 0.3) is 10.9 Å². The highest BCUT2D eigenvalue weighted by Crippen LogP contribution is 2.31. The van der Waals surface area contributed by atoms with Crippen molar-refractivity contribution in [2.75, 3.05) is 20.7 Å². The lowest BCUT2D eigenvalue weighted by Crippen LogP contribution is -2.35. The first-order valence-corrected chi connectivity index (χ1v) is 8.14. The van der Waals surface area contributed by atoms with Gasteiger partial charge in [-0.15, -0.1) is 0 Å². The maximum Gasteiger partial charge on any atom is 0.123 e. The summed E-state index contributed by atoms with van der Waals surface area (Å²) < 4.78 is 21.6. The monoisotopic (exact) mass is 326 g/mol. The topological polar surface area (TPSA) is 26.2 Å². The van der Waals surface area contributed by atoms with Crippen LogP contribution < -0.4 is 5.32 Å². The Morgan fingerprint density at radius 2 is 1.92 bits per heavy atom. The van der Waals surface area contributed by atoms with Gasteiger partial charge in [-0.3, -0.25) is 0 Å². The molecule has 1 aromatic heterocycles. The number of aryl methyl sites for hydroxylation is 1. The second-order valence-electron chi connectivity index (χ2n) is 6.07. The quantitative estimate of drug-likeness (QED) is 0.743. The fraction of sp³-hybridized carbons (Fsp3) is 0.300. The van der Waals surface area contributed by atoms with Gasteiger partial charge in [0.25, 0.3) is 0 Å². The number of fused-ring (bicyclic) bond motifs is 1. The molecule has 2 atom stereocenters. The molecule has 1 N–H and O–H groups in total. The summed E-state index contributed by atoms with van der Waals surface area (Å²) in [6, 6.07) is 15.3. The van der Waals surface area contributed by atoms with Gasteiger partial charge in [0.05, 0.1) is 12.1 Å². The number of methoxy groups -OCH3 is 1. The van der Waals surface area contributed by atoms with Crippen LogP contribution in [0.1, 0.15) is 17.2 Å². The lowest BCUT2D eigenvalue weighted by atomic mass is 10.0. The summed E-state index contributed by atoms with van der Waals surface area (Å²) in [5.74, 6) is -0.210. The Morgan fingerprint density at radius 1 is 1.17 bits per heavy atom. The van der Waals surface area contributed by atoms with Crippen LogP contribution in [0.4, 0.5) is 4.39 Å². The number of rotatable bonds is 6. The van der Waals surface area contributed by atoms with Crippen molar-refractivity contribution in [3.8, 4) is 0 Å². The van der Waals surface area contributed by atoms with Crippen molar-refractivity contribution in [2.45, 2.75) is 19.1 Å². The van der Waals surface area contributed by atoms with E-state index >= 15 is 0 Å². The molecule has 0 aliphatic carbocycles. The molecule has 2 aromatic carbocycles. The predicted molar refractivity (Wildman–Crippen MR) is 95.9 cm³/mol. The van der Waals surface area contributed by atoms with E-state index in [0.717, 1.165) is 23.0 Å². The van der Waals surface area contributed by atoms with E-state index in [-0.39, 0.29) is 18.0 Å². The highest BCUT2D eigenvalue weighted by Gasteiger charge is 2.26. The molecule has 3 nitrogen and oxygen atoms in total. The summed E-state index contributed by atoms with van der Waals surface area (Å²) >= 11 is 0. The number of halogens is 1. The van der Waals surface area contributed by atoms with E-state index in [0.29, 0.717) is 0 Å². The van der Waals surface area contributed by atoms with E-state index in [9.17, 15) is 4.39 Å². The zero-order valence-corrected chi connectivity index (χ0v) is 14.3. The van der Waals surface area contributed by atoms with Gasteiger partial charge in [0.2, 0.25) is 0 Å². The molecule has 0 saturated carbocycles. The van der Waals surface area contributed by atoms with E-state index in [2.05, 4.69) is 28.2 Å². The first kappa shape index (κ1) is 16.7. The van der Waals surface area contributed by atoms with Crippen molar-refractivity contribution in [3.63, 3.8) is 0 Å². The van der Waals surface area contributed by atoms with Crippen LogP contribution >= 0.6 is 0 Å². The van der Waals surface area contributed by atoms with Crippen LogP contribution in [0.15, 0.2) is 54.7 Å². The third-order valence-corrected chi connectivity index (χ3v) is 4.50. The van der Waals surface area contributed by atoms with Crippen LogP contribution in [0.2, 0.25) is 0 Å². The number of benzene rings is 2. The van der Waals surface area contributed by atoms with E-state index in [4.69, 9.17) is 4.74 Å². The third-order valence-electron chi connectivity index (χ3n) is 4.50. The Morgan fingerprint density at radius 3 is 2.58 bits per heavy atom. The maximum absolute atomic E-state index is 13.7. The minimum absolute atomic E-state index is 0.00492. The first-order chi connectivity index (χ1) is 11.7. The number of nitrogens with zero attached hydrogens (tertiary/aromatic N) is 1. The van der Waals surface area contributed by atoms with E-state index in [1.807, 2.05) is 38.2 Å². The molecule has 126 valence electrons. The maximum atomic E-state index is 13.7. The average molecular weight is 326 g/mol. The normalized spacial score (nSPS) is 14.0. The summed E-state index contributed by atoms with van der Waals surface area (Å²) in [4.78, 5) is 0. The van der Waals surface area contributed by atoms with E-state index < -0.39 is 0 Å². The molecule has 0 unspecified atom stereocenters. The predicted octanol–water partition coefficient (Wildman–Crippen LogP) is 3.91. The van der Waals surface area contributed by atoms with Gasteiger partial charge < -0.3 is 14.6 Å². The molecule has 3 aromatic rings. The van der Waals surface area contributed by atoms with E-state index in [1.165, 1.54) is 11.6 Å². The largest absolute Gasteiger partial charge is 0.378 e. The van der Waals surface area contributed by atoms with Crippen molar-refractivity contribution in [1.82, 2.24) is 9.88 Å². The third kappa shape index (κ3) is 3.07. The van der Waals surface area contributed by atoms with Gasteiger partial charge in [-0.25, -0.2) is 4.39 Å². The second-order valence-corrected chi connectivity index (χ2v) is 6.07. The van der Waals surface area contributed by atoms with Gasteiger partial charge in [-0.05, 0) is 43.3 Å². The highest BCUT2D eigenvalue weighted by atomic mass is 19.1. The van der Waals surface area contributed by atoms with Crippen molar-refractivity contribution in [2.24, 2.45) is 0 Å². The lowest BCUT2D eigenvalue weighted by Gasteiger charge is -2.28. The van der Waals surface area contributed by atoms with Crippen LogP contribution in [-0.4, -0.2) is 31.4 Å². The number of hydrogen-bond acceptors (Lipinski definition) is 2. The smallest absolute Gasteiger partial charge is 0.123 e. The zero-order chi connectivity index (χ0) is 17.1. The molecule has 0 bridgehead atoms. The average Bonchev–Trinajstić information content (AvgIpc) is 2.91. The summed E-state index contributed by atoms with van der Waals surface area (Å²) in [5, 5.41) is 4.14. The van der Waals surface area contributed by atoms with Gasteiger partial charge >= 0.3 is 0 Å². The van der Waals surface area contributed by atoms with Crippen LogP contribution in [0.5, 0.6) is 0 Å². The fourth-order valence-corrected chi connectivity index (χ4v) is 3.36. The van der Waals surface area contributed by atoms with Gasteiger partial charge in [0.1, 0.15) is 5.82 Å². The van der Waals surface area contributed by atoms with Crippen LogP contribution in [-0.2, 0) is 4.74 Å². The minimum atomic E-state index is -0.210. The molecule has 0 aliphatic rings. The number of aromatic nitrogens is 1. The first-order valence-electron chi connectivity index (χ1n) is 8.14. The summed E-state index contributed by atoms with van der Waals surface area (Å²) in [6.45, 7) is 2.73. The molecule has 0 radical (unpaired) electrons. The molecule has 0 fully saturated rings. The van der Waals surface area contributed by atoms with Crippen LogP contribution in [0.3, 0.4) is 0 Å². The molecule has 0 saturated heterocycles. The summed E-state index contributed by atoms with van der Waals surface area (Å²) in [7, 11) is 3.65. The SMILES string of the molecule is CNC[C@@H](OC)[C@H](c1ccccc1)n1cc(C)c2cc(F)ccc21. The standard InChI is InChI=1S/C20H23FN2O/c1-14-13-23(18-10-9-16(21)11-17(14)18)20(19(24-3)12-22-2)15-7-5-4-6-8-15/h4-11,13,19-20,22H,12H2,1-3H3/t19-,20+/m1/s1. The number of likely N-dealkylation sites (N-methyl/N-ethyl adjacent to an activating group) is 1. The van der Waals surface area contributed by atoms with Gasteiger partial charge in [0.15, 0.2) is 0 Å². The van der Waals surface area contributed by atoms with Gasteiger partial charge in [0, 0.05) is 30.8 Å². The lowest BCUT2D eigenvalue weighted by molar-refractivity contribution is 0.0722. The number of ether oxygens (including phenoxy) is 1. The second kappa shape index (κ2) is 7.16. The highest BCUT2D eigenvalue weighted by molar-refractivity contribution is 5.84. The Kier molecular flexibility index (Phi) is 4.97. The van der Waals surface area contributed by atoms with E-state index in [1.54, 1.807) is 13.2 Å². The Labute approximate surface area is 142 Å². The molecule has 24 heavy (non-hydrogen) atoms. The Bertz CT molecular complexity index is 813. The zero-order valence-electron chi connectivity index (χ0n) is 14.3. The summed E-state index contributed by atoms with van der Waals surface area (Å²) in [6.07, 6.45) is 2.04. The molecule has 3 rings (SSSR count). The minimum Gasteiger partial charge on any atom is -0.378 e. The molecule has 0 spiro atoms. The number of hydrogen-bond donors (Lipinski definition) is 1. The Hall–Kier alpha value is -2.17. The van der Waals surface area contributed by atoms with Gasteiger partial charge in [-0.1, -0.05) is 30.3 Å². The molecular weight excluding hydrogens is 303 g/mol. The van der Waals surface area contributed by atoms with Crippen molar-refractivity contribution >= 4 is 10.9 Å². The van der Waals surface area contributed by atoms with Crippen molar-refractivity contribution in [1.29, 1.82) is 0 Å². The fourth-order valence-electron chi connectivity index (χ4n) is 3.36. The molecule has 1 heterocycles. The van der Waals surface area contributed by atoms with Crippen molar-refractivity contribution < 1.29 is 9.13 Å².